The standard InChI is InChI=1S/C27H37N5O4SSi/c1-20-18-27(2,3)31(19-20)25-22(26(33)30-37(34,35)21-10-8-7-9-11-21)12-13-23(28-25)32-15-14-24(29-32)36-16-17-38(4,5)6/h7-15,20H,16-19H2,1-6H3,(H,30,33). The van der Waals surface area contributed by atoms with E-state index >= 15 is 0 Å². The van der Waals surface area contributed by atoms with Crippen LogP contribution in [-0.2, 0) is 10.0 Å². The minimum absolute atomic E-state index is 0.0211. The molecule has 1 amide bonds. The summed E-state index contributed by atoms with van der Waals surface area (Å²) in [5.74, 6) is 1.11. The number of pyridine rings is 1. The second-order valence-corrected chi connectivity index (χ2v) is 19.1. The highest BCUT2D eigenvalue weighted by atomic mass is 32.2. The van der Waals surface area contributed by atoms with E-state index in [1.54, 1.807) is 47.3 Å². The number of amides is 1. The van der Waals surface area contributed by atoms with Gasteiger partial charge in [0, 0.05) is 32.4 Å². The van der Waals surface area contributed by atoms with Crippen molar-refractivity contribution in [1.82, 2.24) is 19.5 Å². The molecule has 38 heavy (non-hydrogen) atoms. The van der Waals surface area contributed by atoms with Gasteiger partial charge in [0.2, 0.25) is 5.88 Å². The van der Waals surface area contributed by atoms with Crippen LogP contribution in [0.25, 0.3) is 5.82 Å². The van der Waals surface area contributed by atoms with Gasteiger partial charge in [0.1, 0.15) is 5.82 Å². The van der Waals surface area contributed by atoms with E-state index in [2.05, 4.69) is 55.1 Å². The monoisotopic (exact) mass is 555 g/mol. The van der Waals surface area contributed by atoms with Crippen LogP contribution >= 0.6 is 0 Å². The number of ether oxygens (including phenoxy) is 1. The predicted octanol–water partition coefficient (Wildman–Crippen LogP) is 4.73. The number of carbonyl (C=O) groups is 1. The molecule has 2 aromatic heterocycles. The number of nitrogens with one attached hydrogen (secondary N) is 1. The Balaban J connectivity index is 1.66. The molecule has 1 aliphatic rings. The SMILES string of the molecule is CC1CN(c2nc(-n3ccc(OCC[Si](C)(C)C)n3)ccc2C(=O)NS(=O)(=O)c2ccccc2)C(C)(C)C1. The van der Waals surface area contributed by atoms with Crippen LogP contribution in [0.15, 0.2) is 59.6 Å². The van der Waals surface area contributed by atoms with Crippen LogP contribution in [0.3, 0.4) is 0 Å². The van der Waals surface area contributed by atoms with Crippen molar-refractivity contribution in [3.63, 3.8) is 0 Å². The highest BCUT2D eigenvalue weighted by molar-refractivity contribution is 7.90. The smallest absolute Gasteiger partial charge is 0.268 e. The number of benzene rings is 1. The predicted molar refractivity (Wildman–Crippen MR) is 151 cm³/mol. The zero-order chi connectivity index (χ0) is 27.7. The van der Waals surface area contributed by atoms with Crippen molar-refractivity contribution >= 4 is 29.8 Å². The topological polar surface area (TPSA) is 106 Å². The van der Waals surface area contributed by atoms with Crippen LogP contribution in [0.2, 0.25) is 25.7 Å². The summed E-state index contributed by atoms with van der Waals surface area (Å²) < 4.78 is 35.4. The molecule has 1 unspecified atom stereocenters. The molecular formula is C27H37N5O4SSi. The number of sulfonamides is 1. The maximum atomic E-state index is 13.4. The van der Waals surface area contributed by atoms with Crippen molar-refractivity contribution in [1.29, 1.82) is 0 Å². The summed E-state index contributed by atoms with van der Waals surface area (Å²) in [6, 6.07) is 13.9. The van der Waals surface area contributed by atoms with E-state index in [4.69, 9.17) is 9.72 Å². The van der Waals surface area contributed by atoms with Gasteiger partial charge >= 0.3 is 0 Å². The Labute approximate surface area is 226 Å². The molecule has 0 radical (unpaired) electrons. The third-order valence-corrected chi connectivity index (χ3v) is 9.67. The minimum Gasteiger partial charge on any atom is -0.477 e. The van der Waals surface area contributed by atoms with E-state index in [-0.39, 0.29) is 16.0 Å². The Morgan fingerprint density at radius 2 is 1.84 bits per heavy atom. The second kappa shape index (κ2) is 10.5. The van der Waals surface area contributed by atoms with Crippen molar-refractivity contribution in [3.05, 3.63) is 60.3 Å². The first kappa shape index (κ1) is 27.8. The fourth-order valence-electron chi connectivity index (χ4n) is 4.72. The molecule has 0 bridgehead atoms. The van der Waals surface area contributed by atoms with Crippen LogP contribution in [0, 0.1) is 5.92 Å². The van der Waals surface area contributed by atoms with E-state index in [9.17, 15) is 13.2 Å². The van der Waals surface area contributed by atoms with Crippen molar-refractivity contribution < 1.29 is 17.9 Å². The lowest BCUT2D eigenvalue weighted by Crippen LogP contribution is -2.41. The first-order valence-electron chi connectivity index (χ1n) is 12.8. The van der Waals surface area contributed by atoms with Crippen molar-refractivity contribution in [2.75, 3.05) is 18.1 Å². The summed E-state index contributed by atoms with van der Waals surface area (Å²) >= 11 is 0. The zero-order valence-electron chi connectivity index (χ0n) is 22.9. The Bertz CT molecular complexity index is 1400. The lowest BCUT2D eigenvalue weighted by Gasteiger charge is -2.34. The Morgan fingerprint density at radius 1 is 1.13 bits per heavy atom. The van der Waals surface area contributed by atoms with E-state index in [1.807, 2.05) is 0 Å². The fourth-order valence-corrected chi connectivity index (χ4v) is 6.42. The zero-order valence-corrected chi connectivity index (χ0v) is 24.7. The molecule has 0 saturated carbocycles. The number of rotatable bonds is 9. The van der Waals surface area contributed by atoms with Gasteiger partial charge in [-0.2, -0.15) is 0 Å². The summed E-state index contributed by atoms with van der Waals surface area (Å²) in [5.41, 5.74) is -0.0812. The summed E-state index contributed by atoms with van der Waals surface area (Å²) in [6.07, 6.45) is 2.69. The second-order valence-electron chi connectivity index (χ2n) is 11.8. The van der Waals surface area contributed by atoms with Gasteiger partial charge < -0.3 is 9.64 Å². The van der Waals surface area contributed by atoms with Crippen LogP contribution in [0.5, 0.6) is 5.88 Å². The van der Waals surface area contributed by atoms with Crippen molar-refractivity contribution in [2.24, 2.45) is 5.92 Å². The van der Waals surface area contributed by atoms with E-state index in [0.29, 0.717) is 36.6 Å². The first-order valence-corrected chi connectivity index (χ1v) is 18.0. The average molecular weight is 556 g/mol. The van der Waals surface area contributed by atoms with Gasteiger partial charge in [0.05, 0.1) is 17.1 Å². The Kier molecular flexibility index (Phi) is 7.71. The van der Waals surface area contributed by atoms with Gasteiger partial charge in [-0.05, 0) is 56.5 Å². The third kappa shape index (κ3) is 6.44. The minimum atomic E-state index is -4.04. The number of aromatic nitrogens is 3. The molecule has 0 aliphatic carbocycles. The largest absolute Gasteiger partial charge is 0.477 e. The summed E-state index contributed by atoms with van der Waals surface area (Å²) in [5, 5.41) is 4.53. The van der Waals surface area contributed by atoms with Crippen LogP contribution in [-0.4, -0.2) is 55.9 Å². The normalized spacial score (nSPS) is 17.4. The third-order valence-electron chi connectivity index (χ3n) is 6.62. The average Bonchev–Trinajstić information content (AvgIpc) is 3.41. The lowest BCUT2D eigenvalue weighted by atomic mass is 9.97. The van der Waals surface area contributed by atoms with E-state index in [0.717, 1.165) is 12.5 Å². The molecule has 1 atom stereocenters. The number of carbonyl (C=O) groups excluding carboxylic acids is 1. The van der Waals surface area contributed by atoms with Gasteiger partial charge in [-0.1, -0.05) is 44.8 Å². The highest BCUT2D eigenvalue weighted by Crippen LogP contribution is 2.37. The lowest BCUT2D eigenvalue weighted by molar-refractivity contribution is 0.0981. The highest BCUT2D eigenvalue weighted by Gasteiger charge is 2.39. The van der Waals surface area contributed by atoms with Gasteiger partial charge in [-0.15, -0.1) is 5.10 Å². The van der Waals surface area contributed by atoms with Crippen LogP contribution in [0.1, 0.15) is 37.6 Å². The number of anilines is 1. The molecule has 0 spiro atoms. The van der Waals surface area contributed by atoms with Crippen LogP contribution in [0.4, 0.5) is 5.82 Å². The quantitative estimate of drug-likeness (QED) is 0.381. The summed E-state index contributed by atoms with van der Waals surface area (Å²) in [6.45, 7) is 14.6. The molecule has 1 aromatic carbocycles. The molecule has 3 aromatic rings. The fraction of sp³-hybridized carbons (Fsp3) is 0.444. The molecule has 9 nitrogen and oxygen atoms in total. The molecule has 3 heterocycles. The molecule has 4 rings (SSSR count). The van der Waals surface area contributed by atoms with Crippen molar-refractivity contribution in [2.45, 2.75) is 63.3 Å². The first-order chi connectivity index (χ1) is 17.7. The number of nitrogens with zero attached hydrogens (tertiary/aromatic N) is 4. The van der Waals surface area contributed by atoms with Crippen LogP contribution < -0.4 is 14.4 Å². The molecule has 1 saturated heterocycles. The molecule has 204 valence electrons. The Morgan fingerprint density at radius 3 is 2.47 bits per heavy atom. The molecule has 1 fully saturated rings. The van der Waals surface area contributed by atoms with Gasteiger partial charge in [-0.25, -0.2) is 22.8 Å². The molecule has 11 heteroatoms. The molecule has 1 aliphatic heterocycles. The molecular weight excluding hydrogens is 518 g/mol. The summed E-state index contributed by atoms with van der Waals surface area (Å²) in [7, 11) is -5.27. The maximum Gasteiger partial charge on any atom is 0.268 e. The van der Waals surface area contributed by atoms with Crippen molar-refractivity contribution in [3.8, 4) is 11.7 Å². The number of hydrogen-bond acceptors (Lipinski definition) is 7. The summed E-state index contributed by atoms with van der Waals surface area (Å²) in [4.78, 5) is 20.3. The Hall–Kier alpha value is -3.18. The number of hydrogen-bond donors (Lipinski definition) is 1. The molecule has 1 N–H and O–H groups in total. The van der Waals surface area contributed by atoms with Gasteiger partial charge in [-0.3, -0.25) is 4.79 Å². The van der Waals surface area contributed by atoms with Gasteiger partial charge in [0.25, 0.3) is 15.9 Å². The maximum absolute atomic E-state index is 13.4. The van der Waals surface area contributed by atoms with E-state index in [1.165, 1.54) is 12.1 Å². The van der Waals surface area contributed by atoms with E-state index < -0.39 is 24.0 Å². The van der Waals surface area contributed by atoms with Gasteiger partial charge in [0.15, 0.2) is 5.82 Å².